The Kier molecular flexibility index (Phi) is 6.65. The second-order valence-corrected chi connectivity index (χ2v) is 7.33. The lowest BCUT2D eigenvalue weighted by Crippen LogP contribution is -2.59. The number of carbonyl (C=O) groups excluding carboxylic acids is 2. The molecule has 2 atom stereocenters. The topological polar surface area (TPSA) is 49.9 Å². The molecule has 2 aromatic rings. The lowest BCUT2D eigenvalue weighted by atomic mass is 10.1. The molecule has 0 unspecified atom stereocenters. The number of halogens is 2. The molecule has 0 aromatic heterocycles. The Morgan fingerprint density at radius 2 is 1.86 bits per heavy atom. The van der Waals surface area contributed by atoms with Crippen molar-refractivity contribution in [2.75, 3.05) is 19.7 Å². The van der Waals surface area contributed by atoms with Crippen molar-refractivity contribution in [1.29, 1.82) is 0 Å². The zero-order valence-electron chi connectivity index (χ0n) is 15.6. The van der Waals surface area contributed by atoms with Gasteiger partial charge in [0, 0.05) is 30.7 Å². The number of ether oxygens (including phenoxy) is 1. The number of carbonyl (C=O) groups is 2. The van der Waals surface area contributed by atoms with Gasteiger partial charge in [-0.1, -0.05) is 23.7 Å². The highest BCUT2D eigenvalue weighted by atomic mass is 35.5. The maximum absolute atomic E-state index is 13.1. The van der Waals surface area contributed by atoms with E-state index >= 15 is 0 Å². The molecular formula is C21H22ClFN2O3. The summed E-state index contributed by atoms with van der Waals surface area (Å²) < 4.78 is 18.6. The second kappa shape index (κ2) is 9.17. The number of piperazine rings is 1. The molecule has 5 nitrogen and oxygen atoms in total. The first-order valence-corrected chi connectivity index (χ1v) is 9.45. The van der Waals surface area contributed by atoms with E-state index < -0.39 is 6.04 Å². The quantitative estimate of drug-likeness (QED) is 0.694. The lowest BCUT2D eigenvalue weighted by Gasteiger charge is -2.43. The first-order chi connectivity index (χ1) is 13.5. The number of rotatable bonds is 6. The van der Waals surface area contributed by atoms with Gasteiger partial charge in [0.1, 0.15) is 17.9 Å². The van der Waals surface area contributed by atoms with Crippen LogP contribution in [-0.2, 0) is 16.1 Å². The SMILES string of the molecule is C[C@@H]1CN(Cc2ccc(F)cc2)[C@H](C=O)CN1C(=O)COc1ccc(Cl)cc1. The van der Waals surface area contributed by atoms with Crippen LogP contribution in [0.4, 0.5) is 4.39 Å². The molecule has 3 rings (SSSR count). The highest BCUT2D eigenvalue weighted by molar-refractivity contribution is 6.30. The van der Waals surface area contributed by atoms with Crippen LogP contribution in [0.1, 0.15) is 12.5 Å². The lowest BCUT2D eigenvalue weighted by molar-refractivity contribution is -0.140. The average molecular weight is 405 g/mol. The fourth-order valence-electron chi connectivity index (χ4n) is 3.31. The predicted molar refractivity (Wildman–Crippen MR) is 105 cm³/mol. The zero-order valence-corrected chi connectivity index (χ0v) is 16.3. The largest absolute Gasteiger partial charge is 0.484 e. The van der Waals surface area contributed by atoms with E-state index in [1.807, 2.05) is 11.8 Å². The molecule has 148 valence electrons. The van der Waals surface area contributed by atoms with Gasteiger partial charge in [-0.05, 0) is 48.9 Å². The maximum atomic E-state index is 13.1. The van der Waals surface area contributed by atoms with Crippen LogP contribution < -0.4 is 4.74 Å². The molecule has 0 radical (unpaired) electrons. The maximum Gasteiger partial charge on any atom is 0.260 e. The van der Waals surface area contributed by atoms with E-state index in [-0.39, 0.29) is 24.4 Å². The summed E-state index contributed by atoms with van der Waals surface area (Å²) in [6.07, 6.45) is 0.857. The molecule has 28 heavy (non-hydrogen) atoms. The smallest absolute Gasteiger partial charge is 0.260 e. The van der Waals surface area contributed by atoms with E-state index in [1.165, 1.54) is 12.1 Å². The second-order valence-electron chi connectivity index (χ2n) is 6.90. The Hall–Kier alpha value is -2.44. The van der Waals surface area contributed by atoms with Crippen molar-refractivity contribution in [3.8, 4) is 5.75 Å². The average Bonchev–Trinajstić information content (AvgIpc) is 2.69. The van der Waals surface area contributed by atoms with Crippen molar-refractivity contribution in [3.63, 3.8) is 0 Å². The van der Waals surface area contributed by atoms with Crippen LogP contribution in [0.15, 0.2) is 48.5 Å². The summed E-state index contributed by atoms with van der Waals surface area (Å²) in [6.45, 7) is 3.22. The van der Waals surface area contributed by atoms with Crippen LogP contribution >= 0.6 is 11.6 Å². The molecule has 1 fully saturated rings. The molecule has 7 heteroatoms. The predicted octanol–water partition coefficient (Wildman–Crippen LogP) is 3.16. The molecule has 0 saturated carbocycles. The van der Waals surface area contributed by atoms with Gasteiger partial charge in [-0.15, -0.1) is 0 Å². The minimum atomic E-state index is -0.416. The van der Waals surface area contributed by atoms with Gasteiger partial charge in [-0.2, -0.15) is 0 Å². The minimum absolute atomic E-state index is 0.0713. The van der Waals surface area contributed by atoms with E-state index in [1.54, 1.807) is 41.3 Å². The molecule has 0 aliphatic carbocycles. The highest BCUT2D eigenvalue weighted by Gasteiger charge is 2.34. The van der Waals surface area contributed by atoms with E-state index in [4.69, 9.17) is 16.3 Å². The number of hydrogen-bond acceptors (Lipinski definition) is 4. The van der Waals surface area contributed by atoms with Gasteiger partial charge >= 0.3 is 0 Å². The third-order valence-corrected chi connectivity index (χ3v) is 5.09. The molecule has 2 aromatic carbocycles. The van der Waals surface area contributed by atoms with Crippen molar-refractivity contribution in [3.05, 3.63) is 64.9 Å². The molecule has 1 heterocycles. The van der Waals surface area contributed by atoms with Crippen LogP contribution in [0, 0.1) is 5.82 Å². The number of nitrogens with zero attached hydrogens (tertiary/aromatic N) is 2. The summed E-state index contributed by atoms with van der Waals surface area (Å²) in [5.41, 5.74) is 0.922. The number of benzene rings is 2. The Morgan fingerprint density at radius 1 is 1.18 bits per heavy atom. The van der Waals surface area contributed by atoms with Gasteiger partial charge in [0.15, 0.2) is 6.61 Å². The van der Waals surface area contributed by atoms with E-state index in [2.05, 4.69) is 0 Å². The van der Waals surface area contributed by atoms with E-state index in [9.17, 15) is 14.0 Å². The van der Waals surface area contributed by atoms with Crippen LogP contribution in [0.3, 0.4) is 0 Å². The fraction of sp³-hybridized carbons (Fsp3) is 0.333. The van der Waals surface area contributed by atoms with Gasteiger partial charge in [-0.25, -0.2) is 4.39 Å². The monoisotopic (exact) mass is 404 g/mol. The highest BCUT2D eigenvalue weighted by Crippen LogP contribution is 2.19. The molecule has 1 aliphatic rings. The Labute approximate surface area is 168 Å². The Bertz CT molecular complexity index is 813. The van der Waals surface area contributed by atoms with E-state index in [0.29, 0.717) is 30.4 Å². The fourth-order valence-corrected chi connectivity index (χ4v) is 3.44. The number of aldehydes is 1. The summed E-state index contributed by atoms with van der Waals surface area (Å²) in [7, 11) is 0. The molecule has 0 bridgehead atoms. The first kappa shape index (κ1) is 20.3. The van der Waals surface area contributed by atoms with Crippen LogP contribution in [0.25, 0.3) is 0 Å². The van der Waals surface area contributed by atoms with E-state index in [0.717, 1.165) is 11.8 Å². The zero-order chi connectivity index (χ0) is 20.1. The first-order valence-electron chi connectivity index (χ1n) is 9.08. The summed E-state index contributed by atoms with van der Waals surface area (Å²) in [4.78, 5) is 27.9. The van der Waals surface area contributed by atoms with Gasteiger partial charge < -0.3 is 14.4 Å². The summed E-state index contributed by atoms with van der Waals surface area (Å²) >= 11 is 5.84. The summed E-state index contributed by atoms with van der Waals surface area (Å²) in [5.74, 6) is 0.100. The van der Waals surface area contributed by atoms with Gasteiger partial charge in [0.2, 0.25) is 0 Å². The normalized spacial score (nSPS) is 20.0. The molecule has 0 N–H and O–H groups in total. The molecule has 0 spiro atoms. The Morgan fingerprint density at radius 3 is 2.50 bits per heavy atom. The third kappa shape index (κ3) is 5.09. The van der Waals surface area contributed by atoms with Gasteiger partial charge in [0.25, 0.3) is 5.91 Å². The standard InChI is InChI=1S/C21H22ClFN2O3/c1-15-10-24(11-16-2-6-18(23)7-3-16)19(13-26)12-25(15)21(27)14-28-20-8-4-17(22)5-9-20/h2-9,13,15,19H,10-12,14H2,1H3/t15-,19+/m1/s1. The van der Waals surface area contributed by atoms with Crippen LogP contribution in [0.5, 0.6) is 5.75 Å². The minimum Gasteiger partial charge on any atom is -0.484 e. The molecule has 1 saturated heterocycles. The summed E-state index contributed by atoms with van der Waals surface area (Å²) in [6, 6.07) is 12.5. The number of amides is 1. The third-order valence-electron chi connectivity index (χ3n) is 4.84. The van der Waals surface area contributed by atoms with Crippen molar-refractivity contribution in [1.82, 2.24) is 9.80 Å². The van der Waals surface area contributed by atoms with Crippen LogP contribution in [-0.4, -0.2) is 53.8 Å². The van der Waals surface area contributed by atoms with Crippen molar-refractivity contribution in [2.45, 2.75) is 25.6 Å². The van der Waals surface area contributed by atoms with Crippen LogP contribution in [0.2, 0.25) is 5.02 Å². The van der Waals surface area contributed by atoms with Gasteiger partial charge in [-0.3, -0.25) is 9.69 Å². The molecule has 1 amide bonds. The van der Waals surface area contributed by atoms with Gasteiger partial charge in [0.05, 0.1) is 6.04 Å². The summed E-state index contributed by atoms with van der Waals surface area (Å²) in [5, 5.41) is 0.596. The van der Waals surface area contributed by atoms with Crippen molar-refractivity contribution in [2.24, 2.45) is 0 Å². The molecular weight excluding hydrogens is 383 g/mol. The Balaban J connectivity index is 1.59. The van der Waals surface area contributed by atoms with Crippen molar-refractivity contribution >= 4 is 23.8 Å². The number of hydrogen-bond donors (Lipinski definition) is 0. The molecule has 1 aliphatic heterocycles. The van der Waals surface area contributed by atoms with Crippen molar-refractivity contribution < 1.29 is 18.7 Å².